The molecule has 0 bridgehead atoms. The molecule has 2 N–H and O–H groups in total. The number of hydrogen-bond acceptors (Lipinski definition) is 5. The summed E-state index contributed by atoms with van der Waals surface area (Å²) in [6, 6.07) is 10.8. The predicted octanol–water partition coefficient (Wildman–Crippen LogP) is 3.53. The molecule has 1 saturated heterocycles. The van der Waals surface area contributed by atoms with E-state index in [1.807, 2.05) is 37.6 Å². The molecule has 2 aromatic heterocycles. The molecule has 164 valence electrons. The Morgan fingerprint density at radius 1 is 1.29 bits per heavy atom. The third-order valence-electron chi connectivity index (χ3n) is 5.46. The molecule has 0 saturated carbocycles. The van der Waals surface area contributed by atoms with Crippen LogP contribution >= 0.6 is 0 Å². The molecular formula is C23H27N3O5. The Balaban J connectivity index is 0.000000858. The fourth-order valence-electron chi connectivity index (χ4n) is 4.03. The highest BCUT2D eigenvalue weighted by Crippen LogP contribution is 2.28. The van der Waals surface area contributed by atoms with Gasteiger partial charge in [-0.15, -0.1) is 0 Å². The van der Waals surface area contributed by atoms with Gasteiger partial charge >= 0.3 is 5.97 Å². The highest BCUT2D eigenvalue weighted by Gasteiger charge is 2.23. The van der Waals surface area contributed by atoms with Gasteiger partial charge in [0, 0.05) is 38.0 Å². The SMILES string of the molecule is Cn1ccnc1CC1CCCN(Cc2ccc(-c3ccccc3C(=O)O)o2)C1.O=CO. The molecule has 31 heavy (non-hydrogen) atoms. The number of furan rings is 1. The molecule has 1 unspecified atom stereocenters. The van der Waals surface area contributed by atoms with Crippen LogP contribution in [0.3, 0.4) is 0 Å². The minimum atomic E-state index is -0.943. The van der Waals surface area contributed by atoms with Crippen molar-refractivity contribution in [1.82, 2.24) is 14.5 Å². The van der Waals surface area contributed by atoms with Crippen LogP contribution in [0.4, 0.5) is 0 Å². The lowest BCUT2D eigenvalue weighted by Gasteiger charge is -2.32. The van der Waals surface area contributed by atoms with Crippen LogP contribution in [0.25, 0.3) is 11.3 Å². The van der Waals surface area contributed by atoms with E-state index in [0.29, 0.717) is 17.2 Å². The van der Waals surface area contributed by atoms with Gasteiger partial charge in [0.1, 0.15) is 17.3 Å². The van der Waals surface area contributed by atoms with Gasteiger partial charge in [-0.1, -0.05) is 18.2 Å². The highest BCUT2D eigenvalue weighted by atomic mass is 16.4. The number of likely N-dealkylation sites (tertiary alicyclic amines) is 1. The number of imidazole rings is 1. The summed E-state index contributed by atoms with van der Waals surface area (Å²) < 4.78 is 8.10. The molecule has 3 aromatic rings. The Morgan fingerprint density at radius 2 is 2.06 bits per heavy atom. The number of aromatic carboxylic acids is 1. The summed E-state index contributed by atoms with van der Waals surface area (Å²) in [4.78, 5) is 26.7. The zero-order valence-electron chi connectivity index (χ0n) is 17.5. The van der Waals surface area contributed by atoms with Crippen LogP contribution in [0.15, 0.2) is 53.2 Å². The Hall–Kier alpha value is -3.39. The maximum Gasteiger partial charge on any atom is 0.336 e. The summed E-state index contributed by atoms with van der Waals surface area (Å²) in [6.45, 7) is 2.57. The van der Waals surface area contributed by atoms with Crippen molar-refractivity contribution >= 4 is 12.4 Å². The number of benzene rings is 1. The smallest absolute Gasteiger partial charge is 0.336 e. The van der Waals surface area contributed by atoms with Crippen LogP contribution in [0.1, 0.15) is 34.8 Å². The number of aromatic nitrogens is 2. The van der Waals surface area contributed by atoms with Crippen molar-refractivity contribution < 1.29 is 24.2 Å². The van der Waals surface area contributed by atoms with Crippen LogP contribution in [0, 0.1) is 5.92 Å². The normalized spacial score (nSPS) is 16.4. The number of nitrogens with zero attached hydrogens (tertiary/aromatic N) is 3. The third kappa shape index (κ3) is 5.82. The first-order valence-electron chi connectivity index (χ1n) is 10.2. The first-order valence-corrected chi connectivity index (χ1v) is 10.2. The van der Waals surface area contributed by atoms with E-state index in [1.54, 1.807) is 18.2 Å². The second-order valence-electron chi connectivity index (χ2n) is 7.62. The van der Waals surface area contributed by atoms with Gasteiger partial charge in [-0.05, 0) is 43.5 Å². The van der Waals surface area contributed by atoms with E-state index in [9.17, 15) is 9.90 Å². The molecule has 0 amide bonds. The molecule has 1 atom stereocenters. The van der Waals surface area contributed by atoms with Crippen LogP contribution in [0.5, 0.6) is 0 Å². The number of carboxylic acid groups (broad SMARTS) is 2. The molecule has 0 radical (unpaired) electrons. The monoisotopic (exact) mass is 425 g/mol. The third-order valence-corrected chi connectivity index (χ3v) is 5.46. The van der Waals surface area contributed by atoms with Gasteiger partial charge in [0.2, 0.25) is 0 Å². The second kappa shape index (κ2) is 10.6. The largest absolute Gasteiger partial charge is 0.483 e. The molecular weight excluding hydrogens is 398 g/mol. The Kier molecular flexibility index (Phi) is 7.61. The average Bonchev–Trinajstić information content (AvgIpc) is 3.38. The van der Waals surface area contributed by atoms with Crippen LogP contribution in [-0.2, 0) is 24.8 Å². The van der Waals surface area contributed by atoms with Gasteiger partial charge < -0.3 is 19.2 Å². The van der Waals surface area contributed by atoms with Crippen molar-refractivity contribution in [3.05, 3.63) is 65.9 Å². The summed E-state index contributed by atoms with van der Waals surface area (Å²) in [6.07, 6.45) is 7.24. The first kappa shape index (κ1) is 22.3. The van der Waals surface area contributed by atoms with E-state index >= 15 is 0 Å². The summed E-state index contributed by atoms with van der Waals surface area (Å²) in [5, 5.41) is 16.3. The average molecular weight is 425 g/mol. The quantitative estimate of drug-likeness (QED) is 0.582. The zero-order chi connectivity index (χ0) is 22.2. The van der Waals surface area contributed by atoms with Crippen molar-refractivity contribution in [1.29, 1.82) is 0 Å². The molecule has 0 spiro atoms. The minimum Gasteiger partial charge on any atom is -0.483 e. The van der Waals surface area contributed by atoms with Crippen LogP contribution in [0.2, 0.25) is 0 Å². The van der Waals surface area contributed by atoms with Gasteiger partial charge in [-0.25, -0.2) is 9.78 Å². The second-order valence-corrected chi connectivity index (χ2v) is 7.62. The number of piperidine rings is 1. The lowest BCUT2D eigenvalue weighted by molar-refractivity contribution is -0.122. The molecule has 1 aliphatic rings. The van der Waals surface area contributed by atoms with E-state index in [2.05, 4.69) is 14.5 Å². The number of hydrogen-bond donors (Lipinski definition) is 2. The van der Waals surface area contributed by atoms with E-state index in [-0.39, 0.29) is 12.0 Å². The van der Waals surface area contributed by atoms with Crippen molar-refractivity contribution in [2.75, 3.05) is 13.1 Å². The molecule has 4 rings (SSSR count). The van der Waals surface area contributed by atoms with Gasteiger partial charge in [-0.3, -0.25) is 9.69 Å². The summed E-state index contributed by atoms with van der Waals surface area (Å²) >= 11 is 0. The van der Waals surface area contributed by atoms with Crippen molar-refractivity contribution in [2.24, 2.45) is 13.0 Å². The van der Waals surface area contributed by atoms with Gasteiger partial charge in [0.15, 0.2) is 0 Å². The molecule has 1 fully saturated rings. The minimum absolute atomic E-state index is 0.250. The lowest BCUT2D eigenvalue weighted by Crippen LogP contribution is -2.35. The maximum atomic E-state index is 11.5. The first-order chi connectivity index (χ1) is 15.0. The molecule has 0 aliphatic carbocycles. The number of carbonyl (C=O) groups is 2. The van der Waals surface area contributed by atoms with E-state index in [0.717, 1.165) is 37.6 Å². The fraction of sp³-hybridized carbons (Fsp3) is 0.348. The molecule has 1 aliphatic heterocycles. The van der Waals surface area contributed by atoms with E-state index in [4.69, 9.17) is 14.3 Å². The highest BCUT2D eigenvalue weighted by molar-refractivity contribution is 5.95. The number of carboxylic acids is 1. The Morgan fingerprint density at radius 3 is 2.77 bits per heavy atom. The van der Waals surface area contributed by atoms with Crippen molar-refractivity contribution in [2.45, 2.75) is 25.8 Å². The lowest BCUT2D eigenvalue weighted by atomic mass is 9.94. The summed E-state index contributed by atoms with van der Waals surface area (Å²) in [7, 11) is 2.04. The Bertz CT molecular complexity index is 1010. The van der Waals surface area contributed by atoms with Gasteiger partial charge in [0.25, 0.3) is 6.47 Å². The molecule has 3 heterocycles. The predicted molar refractivity (Wildman–Crippen MR) is 115 cm³/mol. The number of rotatable bonds is 6. The van der Waals surface area contributed by atoms with Gasteiger partial charge in [0.05, 0.1) is 12.1 Å². The standard InChI is InChI=1S/C22H25N3O3.CH2O2/c1-24-12-10-23-21(24)13-16-5-4-11-25(14-16)15-17-8-9-20(28-17)18-6-2-3-7-19(18)22(26)27;2-1-3/h2-3,6-10,12,16H,4-5,11,13-15H2,1H3,(H,26,27);1H,(H,2,3). The summed E-state index contributed by atoms with van der Waals surface area (Å²) in [5.74, 6) is 2.26. The Labute approximate surface area is 180 Å². The van der Waals surface area contributed by atoms with E-state index in [1.165, 1.54) is 12.8 Å². The molecule has 8 heteroatoms. The van der Waals surface area contributed by atoms with Crippen molar-refractivity contribution in [3.8, 4) is 11.3 Å². The number of aryl methyl sites for hydroxylation is 1. The maximum absolute atomic E-state index is 11.5. The fourth-order valence-corrected chi connectivity index (χ4v) is 4.03. The van der Waals surface area contributed by atoms with Crippen LogP contribution < -0.4 is 0 Å². The topological polar surface area (TPSA) is 109 Å². The van der Waals surface area contributed by atoms with E-state index < -0.39 is 5.97 Å². The molecule has 8 nitrogen and oxygen atoms in total. The van der Waals surface area contributed by atoms with Crippen LogP contribution in [-0.4, -0.2) is 50.2 Å². The zero-order valence-corrected chi connectivity index (χ0v) is 17.5. The summed E-state index contributed by atoms with van der Waals surface area (Å²) in [5.41, 5.74) is 0.879. The molecule has 1 aromatic carbocycles. The van der Waals surface area contributed by atoms with Gasteiger partial charge in [-0.2, -0.15) is 0 Å². The van der Waals surface area contributed by atoms with Crippen molar-refractivity contribution in [3.63, 3.8) is 0 Å².